The van der Waals surface area contributed by atoms with Crippen molar-refractivity contribution in [2.24, 2.45) is 5.14 Å². The second-order valence-electron chi connectivity index (χ2n) is 4.09. The van der Waals surface area contributed by atoms with Crippen LogP contribution in [0.2, 0.25) is 0 Å². The van der Waals surface area contributed by atoms with Gasteiger partial charge in [-0.2, -0.15) is 12.7 Å². The fraction of sp³-hybridized carbons (Fsp3) is 1.00. The lowest BCUT2D eigenvalue weighted by molar-refractivity contribution is 0.251. The van der Waals surface area contributed by atoms with Gasteiger partial charge in [0.2, 0.25) is 0 Å². The van der Waals surface area contributed by atoms with Crippen LogP contribution in [0.15, 0.2) is 0 Å². The summed E-state index contributed by atoms with van der Waals surface area (Å²) in [4.78, 5) is 2.38. The second kappa shape index (κ2) is 3.77. The van der Waals surface area contributed by atoms with Crippen molar-refractivity contribution in [3.8, 4) is 0 Å². The third kappa shape index (κ3) is 2.08. The zero-order chi connectivity index (χ0) is 10.2. The summed E-state index contributed by atoms with van der Waals surface area (Å²) in [5.41, 5.74) is 0. The molecule has 0 amide bonds. The topological polar surface area (TPSA) is 66.6 Å². The molecule has 2 fully saturated rings. The first-order chi connectivity index (χ1) is 6.57. The Bertz CT molecular complexity index is 298. The van der Waals surface area contributed by atoms with Gasteiger partial charge in [-0.15, -0.1) is 0 Å². The van der Waals surface area contributed by atoms with E-state index in [1.54, 1.807) is 0 Å². The van der Waals surface area contributed by atoms with Crippen molar-refractivity contribution in [1.29, 1.82) is 0 Å². The van der Waals surface area contributed by atoms with Gasteiger partial charge in [0.25, 0.3) is 10.2 Å². The van der Waals surface area contributed by atoms with E-state index in [-0.39, 0.29) is 0 Å². The number of likely N-dealkylation sites (tertiary alicyclic amines) is 1. The van der Waals surface area contributed by atoms with Gasteiger partial charge in [0.15, 0.2) is 0 Å². The molecule has 82 valence electrons. The van der Waals surface area contributed by atoms with Crippen LogP contribution in [0.3, 0.4) is 0 Å². The van der Waals surface area contributed by atoms with Gasteiger partial charge < -0.3 is 0 Å². The molecule has 0 aromatic rings. The summed E-state index contributed by atoms with van der Waals surface area (Å²) in [6.45, 7) is 3.39. The maximum Gasteiger partial charge on any atom is 0.276 e. The molecule has 0 radical (unpaired) electrons. The molecule has 0 aromatic heterocycles. The zero-order valence-corrected chi connectivity index (χ0v) is 9.04. The number of nitrogens with zero attached hydrogens (tertiary/aromatic N) is 2. The Hall–Kier alpha value is -0.170. The van der Waals surface area contributed by atoms with Crippen LogP contribution in [0.25, 0.3) is 0 Å². The molecule has 0 spiro atoms. The third-order valence-electron chi connectivity index (χ3n) is 3.14. The lowest BCUT2D eigenvalue weighted by Crippen LogP contribution is -2.39. The molecule has 2 aliphatic heterocycles. The van der Waals surface area contributed by atoms with Crippen molar-refractivity contribution < 1.29 is 8.42 Å². The van der Waals surface area contributed by atoms with E-state index in [2.05, 4.69) is 4.90 Å². The van der Waals surface area contributed by atoms with Crippen LogP contribution < -0.4 is 5.14 Å². The summed E-state index contributed by atoms with van der Waals surface area (Å²) in [7, 11) is -3.46. The van der Waals surface area contributed by atoms with E-state index in [4.69, 9.17) is 5.14 Å². The van der Waals surface area contributed by atoms with Crippen LogP contribution in [-0.4, -0.2) is 49.8 Å². The van der Waals surface area contributed by atoms with E-state index < -0.39 is 10.2 Å². The summed E-state index contributed by atoms with van der Waals surface area (Å²) in [6, 6.07) is 0.399. The van der Waals surface area contributed by atoms with Gasteiger partial charge in [-0.3, -0.25) is 4.90 Å². The molecule has 1 unspecified atom stereocenters. The van der Waals surface area contributed by atoms with E-state index in [0.717, 1.165) is 19.5 Å². The molecule has 2 saturated heterocycles. The molecule has 0 aliphatic carbocycles. The molecular weight excluding hydrogens is 202 g/mol. The van der Waals surface area contributed by atoms with E-state index in [1.165, 1.54) is 17.1 Å². The highest BCUT2D eigenvalue weighted by atomic mass is 32.2. The van der Waals surface area contributed by atoms with Crippen LogP contribution in [0, 0.1) is 0 Å². The molecule has 1 atom stereocenters. The van der Waals surface area contributed by atoms with Crippen LogP contribution in [0.1, 0.15) is 19.3 Å². The Balaban J connectivity index is 1.94. The van der Waals surface area contributed by atoms with Gasteiger partial charge in [-0.1, -0.05) is 0 Å². The third-order valence-corrected chi connectivity index (χ3v) is 4.19. The molecule has 6 heteroatoms. The van der Waals surface area contributed by atoms with Gasteiger partial charge in [0.1, 0.15) is 0 Å². The number of hydrogen-bond donors (Lipinski definition) is 1. The van der Waals surface area contributed by atoms with Crippen molar-refractivity contribution in [1.82, 2.24) is 9.21 Å². The number of rotatable bonds is 2. The average molecular weight is 219 g/mol. The molecule has 2 heterocycles. The maximum atomic E-state index is 11.1. The van der Waals surface area contributed by atoms with Crippen molar-refractivity contribution in [2.45, 2.75) is 25.3 Å². The highest BCUT2D eigenvalue weighted by molar-refractivity contribution is 7.86. The Kier molecular flexibility index (Phi) is 2.79. The van der Waals surface area contributed by atoms with Crippen LogP contribution in [0.4, 0.5) is 0 Å². The normalized spacial score (nSPS) is 31.4. The van der Waals surface area contributed by atoms with Crippen LogP contribution in [-0.2, 0) is 10.2 Å². The van der Waals surface area contributed by atoms with E-state index in [9.17, 15) is 8.42 Å². The van der Waals surface area contributed by atoms with Gasteiger partial charge in [-0.25, -0.2) is 5.14 Å². The standard InChI is InChI=1S/C8H17N3O2S/c9-14(12,13)11-6-3-8(7-11)10-4-1-2-5-10/h8H,1-7H2,(H2,9,12,13). The zero-order valence-electron chi connectivity index (χ0n) is 8.22. The molecule has 2 rings (SSSR count). The second-order valence-corrected chi connectivity index (χ2v) is 5.63. The van der Waals surface area contributed by atoms with E-state index >= 15 is 0 Å². The van der Waals surface area contributed by atoms with Gasteiger partial charge in [0.05, 0.1) is 0 Å². The number of hydrogen-bond acceptors (Lipinski definition) is 3. The molecule has 0 aromatic carbocycles. The fourth-order valence-electron chi connectivity index (χ4n) is 2.35. The number of nitrogens with two attached hydrogens (primary N) is 1. The summed E-state index contributed by atoms with van der Waals surface area (Å²) in [6.07, 6.45) is 3.41. The Morgan fingerprint density at radius 2 is 1.79 bits per heavy atom. The summed E-state index contributed by atoms with van der Waals surface area (Å²) < 4.78 is 23.5. The minimum Gasteiger partial charge on any atom is -0.299 e. The smallest absolute Gasteiger partial charge is 0.276 e. The predicted octanol–water partition coefficient (Wildman–Crippen LogP) is -0.640. The average Bonchev–Trinajstić information content (AvgIpc) is 2.73. The van der Waals surface area contributed by atoms with Crippen molar-refractivity contribution in [3.05, 3.63) is 0 Å². The molecule has 0 bridgehead atoms. The SMILES string of the molecule is NS(=O)(=O)N1CCC(N2CCCC2)C1. The maximum absolute atomic E-state index is 11.1. The molecule has 2 N–H and O–H groups in total. The predicted molar refractivity (Wildman–Crippen MR) is 53.9 cm³/mol. The largest absolute Gasteiger partial charge is 0.299 e. The molecular formula is C8H17N3O2S. The monoisotopic (exact) mass is 219 g/mol. The van der Waals surface area contributed by atoms with Crippen LogP contribution in [0.5, 0.6) is 0 Å². The minimum absolute atomic E-state index is 0.399. The first kappa shape index (κ1) is 10.4. The highest BCUT2D eigenvalue weighted by Gasteiger charge is 2.33. The quantitative estimate of drug-likeness (QED) is 0.672. The Morgan fingerprint density at radius 3 is 2.29 bits per heavy atom. The van der Waals surface area contributed by atoms with Gasteiger partial charge >= 0.3 is 0 Å². The Labute approximate surface area is 85.0 Å². The molecule has 5 nitrogen and oxygen atoms in total. The van der Waals surface area contributed by atoms with Gasteiger partial charge in [0, 0.05) is 19.1 Å². The lowest BCUT2D eigenvalue weighted by Gasteiger charge is -2.22. The lowest BCUT2D eigenvalue weighted by atomic mass is 10.2. The molecule has 0 saturated carbocycles. The summed E-state index contributed by atoms with van der Waals surface area (Å²) in [5, 5.41) is 5.08. The van der Waals surface area contributed by atoms with Gasteiger partial charge in [-0.05, 0) is 32.4 Å². The van der Waals surface area contributed by atoms with E-state index in [0.29, 0.717) is 19.1 Å². The Morgan fingerprint density at radius 1 is 1.14 bits per heavy atom. The highest BCUT2D eigenvalue weighted by Crippen LogP contribution is 2.21. The first-order valence-corrected chi connectivity index (χ1v) is 6.59. The van der Waals surface area contributed by atoms with Crippen LogP contribution >= 0.6 is 0 Å². The fourth-order valence-corrected chi connectivity index (χ4v) is 3.09. The van der Waals surface area contributed by atoms with Crippen molar-refractivity contribution in [2.75, 3.05) is 26.2 Å². The summed E-state index contributed by atoms with van der Waals surface area (Å²) in [5.74, 6) is 0. The summed E-state index contributed by atoms with van der Waals surface area (Å²) >= 11 is 0. The molecule has 2 aliphatic rings. The van der Waals surface area contributed by atoms with Crippen molar-refractivity contribution >= 4 is 10.2 Å². The molecule has 14 heavy (non-hydrogen) atoms. The minimum atomic E-state index is -3.46. The van der Waals surface area contributed by atoms with E-state index in [1.807, 2.05) is 0 Å². The van der Waals surface area contributed by atoms with Crippen molar-refractivity contribution in [3.63, 3.8) is 0 Å². The first-order valence-electron chi connectivity index (χ1n) is 5.09.